The molecule has 1 aromatic heterocycles. The molecule has 0 bridgehead atoms. The van der Waals surface area contributed by atoms with Gasteiger partial charge in [0.2, 0.25) is 0 Å². The summed E-state index contributed by atoms with van der Waals surface area (Å²) in [5, 5.41) is 3.08. The van der Waals surface area contributed by atoms with Crippen molar-refractivity contribution in [1.29, 1.82) is 0 Å². The number of nitrogens with zero attached hydrogens (tertiary/aromatic N) is 2. The molecule has 0 fully saturated rings. The van der Waals surface area contributed by atoms with Crippen LogP contribution in [0.4, 0.5) is 5.82 Å². The van der Waals surface area contributed by atoms with E-state index in [4.69, 9.17) is 0 Å². The lowest BCUT2D eigenvalue weighted by molar-refractivity contribution is 0.844. The summed E-state index contributed by atoms with van der Waals surface area (Å²) in [6, 6.07) is 10.4. The maximum atomic E-state index is 4.50. The first-order valence-electron chi connectivity index (χ1n) is 5.95. The Balaban J connectivity index is 2.13. The van der Waals surface area contributed by atoms with Crippen LogP contribution in [0.15, 0.2) is 34.8 Å². The Labute approximate surface area is 116 Å². The number of benzene rings is 1. The van der Waals surface area contributed by atoms with Crippen LogP contribution in [0.1, 0.15) is 17.1 Å². The number of hydrogen-bond acceptors (Lipinski definition) is 3. The molecule has 0 atom stereocenters. The third-order valence-corrected chi connectivity index (χ3v) is 3.73. The van der Waals surface area contributed by atoms with Crippen LogP contribution < -0.4 is 5.32 Å². The molecule has 0 saturated carbocycles. The number of aryl methyl sites for hydroxylation is 3. The molecule has 2 rings (SSSR count). The summed E-state index contributed by atoms with van der Waals surface area (Å²) in [6.07, 6.45) is 1.82. The van der Waals surface area contributed by atoms with Crippen molar-refractivity contribution in [3.8, 4) is 0 Å². The standard InChI is InChI=1S/C14H16BrN3/c1-10-13(15)14(16-2)18-12(17-10)9-8-11-6-4-3-5-7-11/h3-7H,8-9H2,1-2H3,(H,16,17,18). The van der Waals surface area contributed by atoms with E-state index in [1.165, 1.54) is 5.56 Å². The normalized spacial score (nSPS) is 10.4. The third-order valence-electron chi connectivity index (χ3n) is 2.78. The van der Waals surface area contributed by atoms with Gasteiger partial charge in [0.1, 0.15) is 11.6 Å². The zero-order valence-corrected chi connectivity index (χ0v) is 12.2. The average Bonchev–Trinajstić information content (AvgIpc) is 2.41. The van der Waals surface area contributed by atoms with Crippen molar-refractivity contribution in [2.45, 2.75) is 19.8 Å². The smallest absolute Gasteiger partial charge is 0.144 e. The zero-order valence-electron chi connectivity index (χ0n) is 10.6. The van der Waals surface area contributed by atoms with Gasteiger partial charge in [-0.05, 0) is 34.8 Å². The molecule has 2 aromatic rings. The van der Waals surface area contributed by atoms with Crippen molar-refractivity contribution >= 4 is 21.7 Å². The van der Waals surface area contributed by atoms with Gasteiger partial charge in [-0.1, -0.05) is 30.3 Å². The van der Waals surface area contributed by atoms with Gasteiger partial charge in [0.05, 0.1) is 10.2 Å². The molecule has 4 heteroatoms. The number of anilines is 1. The molecule has 0 spiro atoms. The van der Waals surface area contributed by atoms with E-state index in [1.807, 2.05) is 20.0 Å². The first-order valence-corrected chi connectivity index (χ1v) is 6.74. The summed E-state index contributed by atoms with van der Waals surface area (Å²) < 4.78 is 0.938. The van der Waals surface area contributed by atoms with Crippen molar-refractivity contribution in [2.75, 3.05) is 12.4 Å². The van der Waals surface area contributed by atoms with Crippen LogP contribution in [-0.4, -0.2) is 17.0 Å². The summed E-state index contributed by atoms with van der Waals surface area (Å²) in [7, 11) is 1.87. The molecule has 18 heavy (non-hydrogen) atoms. The minimum atomic E-state index is 0.852. The molecule has 1 N–H and O–H groups in total. The van der Waals surface area contributed by atoms with Gasteiger partial charge in [-0.25, -0.2) is 9.97 Å². The first-order chi connectivity index (χ1) is 8.70. The van der Waals surface area contributed by atoms with Crippen molar-refractivity contribution in [1.82, 2.24) is 9.97 Å². The highest BCUT2D eigenvalue weighted by Crippen LogP contribution is 2.22. The zero-order chi connectivity index (χ0) is 13.0. The number of nitrogens with one attached hydrogen (secondary N) is 1. The van der Waals surface area contributed by atoms with Crippen LogP contribution in [0, 0.1) is 6.92 Å². The highest BCUT2D eigenvalue weighted by Gasteiger charge is 2.07. The van der Waals surface area contributed by atoms with E-state index >= 15 is 0 Å². The molecule has 0 aliphatic heterocycles. The quantitative estimate of drug-likeness (QED) is 0.941. The molecule has 0 saturated heterocycles. The average molecular weight is 306 g/mol. The second kappa shape index (κ2) is 5.96. The Morgan fingerprint density at radius 2 is 1.83 bits per heavy atom. The molecule has 0 aliphatic carbocycles. The number of rotatable bonds is 4. The van der Waals surface area contributed by atoms with E-state index in [0.717, 1.165) is 34.7 Å². The maximum absolute atomic E-state index is 4.50. The lowest BCUT2D eigenvalue weighted by Crippen LogP contribution is -2.05. The van der Waals surface area contributed by atoms with Gasteiger partial charge in [-0.3, -0.25) is 0 Å². The Morgan fingerprint density at radius 1 is 1.11 bits per heavy atom. The summed E-state index contributed by atoms with van der Waals surface area (Å²) in [5.74, 6) is 1.73. The number of aromatic nitrogens is 2. The van der Waals surface area contributed by atoms with Crippen LogP contribution >= 0.6 is 15.9 Å². The minimum absolute atomic E-state index is 0.852. The SMILES string of the molecule is CNc1nc(CCc2ccccc2)nc(C)c1Br. The molecule has 0 unspecified atom stereocenters. The van der Waals surface area contributed by atoms with Crippen molar-refractivity contribution in [3.05, 3.63) is 51.9 Å². The molecular formula is C14H16BrN3. The van der Waals surface area contributed by atoms with E-state index in [1.54, 1.807) is 0 Å². The van der Waals surface area contributed by atoms with Crippen molar-refractivity contribution in [3.63, 3.8) is 0 Å². The van der Waals surface area contributed by atoms with Crippen LogP contribution in [0.3, 0.4) is 0 Å². The predicted octanol–water partition coefficient (Wildman–Crippen LogP) is 3.37. The Hall–Kier alpha value is -1.42. The van der Waals surface area contributed by atoms with E-state index in [9.17, 15) is 0 Å². The molecule has 94 valence electrons. The number of halogens is 1. The molecule has 1 aromatic carbocycles. The Kier molecular flexibility index (Phi) is 4.31. The number of hydrogen-bond donors (Lipinski definition) is 1. The second-order valence-corrected chi connectivity index (χ2v) is 4.92. The predicted molar refractivity (Wildman–Crippen MR) is 77.9 cm³/mol. The summed E-state index contributed by atoms with van der Waals surface area (Å²) >= 11 is 3.48. The molecule has 0 amide bonds. The van der Waals surface area contributed by atoms with Crippen molar-refractivity contribution < 1.29 is 0 Å². The monoisotopic (exact) mass is 305 g/mol. The molecule has 0 aliphatic rings. The van der Waals surface area contributed by atoms with Gasteiger partial charge in [-0.2, -0.15) is 0 Å². The van der Waals surface area contributed by atoms with Gasteiger partial charge < -0.3 is 5.32 Å². The van der Waals surface area contributed by atoms with E-state index < -0.39 is 0 Å². The van der Waals surface area contributed by atoms with E-state index in [2.05, 4.69) is 55.5 Å². The van der Waals surface area contributed by atoms with Gasteiger partial charge in [0.15, 0.2) is 0 Å². The van der Waals surface area contributed by atoms with Crippen LogP contribution in [-0.2, 0) is 12.8 Å². The lowest BCUT2D eigenvalue weighted by Gasteiger charge is -2.08. The van der Waals surface area contributed by atoms with Crippen LogP contribution in [0.25, 0.3) is 0 Å². The molecular weight excluding hydrogens is 290 g/mol. The van der Waals surface area contributed by atoms with Gasteiger partial charge in [-0.15, -0.1) is 0 Å². The maximum Gasteiger partial charge on any atom is 0.144 e. The summed E-state index contributed by atoms with van der Waals surface area (Å²) in [6.45, 7) is 1.98. The minimum Gasteiger partial charge on any atom is -0.372 e. The van der Waals surface area contributed by atoms with Crippen LogP contribution in [0.2, 0.25) is 0 Å². The van der Waals surface area contributed by atoms with Gasteiger partial charge in [0.25, 0.3) is 0 Å². The fraction of sp³-hybridized carbons (Fsp3) is 0.286. The molecule has 0 radical (unpaired) electrons. The van der Waals surface area contributed by atoms with Gasteiger partial charge in [0, 0.05) is 13.5 Å². The second-order valence-electron chi connectivity index (χ2n) is 4.12. The highest BCUT2D eigenvalue weighted by atomic mass is 79.9. The van der Waals surface area contributed by atoms with Crippen LogP contribution in [0.5, 0.6) is 0 Å². The summed E-state index contributed by atoms with van der Waals surface area (Å²) in [4.78, 5) is 9.00. The topological polar surface area (TPSA) is 37.8 Å². The highest BCUT2D eigenvalue weighted by molar-refractivity contribution is 9.10. The lowest BCUT2D eigenvalue weighted by atomic mass is 10.1. The molecule has 1 heterocycles. The third kappa shape index (κ3) is 3.07. The Morgan fingerprint density at radius 3 is 2.50 bits per heavy atom. The first kappa shape index (κ1) is 13.0. The largest absolute Gasteiger partial charge is 0.372 e. The van der Waals surface area contributed by atoms with E-state index in [0.29, 0.717) is 0 Å². The Bertz CT molecular complexity index is 526. The molecule has 3 nitrogen and oxygen atoms in total. The summed E-state index contributed by atoms with van der Waals surface area (Å²) in [5.41, 5.74) is 2.28. The van der Waals surface area contributed by atoms with E-state index in [-0.39, 0.29) is 0 Å². The fourth-order valence-electron chi connectivity index (χ4n) is 1.80. The van der Waals surface area contributed by atoms with Crippen molar-refractivity contribution in [2.24, 2.45) is 0 Å². The fourth-order valence-corrected chi connectivity index (χ4v) is 2.17. The van der Waals surface area contributed by atoms with Gasteiger partial charge >= 0.3 is 0 Å².